The molecule has 1 aliphatic heterocycles. The van der Waals surface area contributed by atoms with E-state index >= 15 is 0 Å². The van der Waals surface area contributed by atoms with Gasteiger partial charge in [-0.3, -0.25) is 0 Å². The van der Waals surface area contributed by atoms with Crippen LogP contribution in [-0.2, 0) is 0 Å². The third-order valence-corrected chi connectivity index (χ3v) is 6.54. The van der Waals surface area contributed by atoms with Gasteiger partial charge in [-0.15, -0.1) is 0 Å². The van der Waals surface area contributed by atoms with Gasteiger partial charge in [0.15, 0.2) is 0 Å². The summed E-state index contributed by atoms with van der Waals surface area (Å²) < 4.78 is 0. The van der Waals surface area contributed by atoms with Gasteiger partial charge in [-0.25, -0.2) is 0 Å². The maximum absolute atomic E-state index is 10.8. The maximum Gasteiger partial charge on any atom is 0.0700 e. The topological polar surface area (TPSA) is 35.5 Å². The number of hydrogen-bond acceptors (Lipinski definition) is 3. The van der Waals surface area contributed by atoms with Gasteiger partial charge in [-0.2, -0.15) is 0 Å². The lowest BCUT2D eigenvalue weighted by atomic mass is 9.69. The van der Waals surface area contributed by atoms with E-state index in [0.717, 1.165) is 25.9 Å². The van der Waals surface area contributed by atoms with E-state index in [-0.39, 0.29) is 5.60 Å². The van der Waals surface area contributed by atoms with Gasteiger partial charge in [0, 0.05) is 32.1 Å². The predicted molar refractivity (Wildman–Crippen MR) is 87.4 cm³/mol. The Morgan fingerprint density at radius 1 is 1.05 bits per heavy atom. The highest BCUT2D eigenvalue weighted by Gasteiger charge is 2.44. The molecule has 0 aromatic heterocycles. The number of likely N-dealkylation sites (tertiary alicyclic amines) is 1. The first-order valence-electron chi connectivity index (χ1n) is 9.25. The van der Waals surface area contributed by atoms with Crippen molar-refractivity contribution in [3.8, 4) is 0 Å². The molecule has 2 unspecified atom stereocenters. The van der Waals surface area contributed by atoms with Gasteiger partial charge in [-0.1, -0.05) is 32.1 Å². The Hall–Kier alpha value is -0.120. The number of piperidine rings is 1. The minimum absolute atomic E-state index is 0.322. The van der Waals surface area contributed by atoms with Crippen LogP contribution < -0.4 is 5.32 Å². The third kappa shape index (κ3) is 3.46. The highest BCUT2D eigenvalue weighted by molar-refractivity contribution is 4.97. The van der Waals surface area contributed by atoms with Crippen molar-refractivity contribution in [2.45, 2.75) is 69.8 Å². The molecule has 3 aliphatic rings. The van der Waals surface area contributed by atoms with Crippen molar-refractivity contribution in [1.82, 2.24) is 10.2 Å². The summed E-state index contributed by atoms with van der Waals surface area (Å²) in [7, 11) is 2.10. The summed E-state index contributed by atoms with van der Waals surface area (Å²) in [6.45, 7) is 4.67. The molecule has 3 nitrogen and oxygen atoms in total. The number of hydrogen-bond donors (Lipinski definition) is 2. The van der Waals surface area contributed by atoms with Crippen molar-refractivity contribution in [1.29, 1.82) is 0 Å². The van der Waals surface area contributed by atoms with Crippen molar-refractivity contribution in [2.24, 2.45) is 11.3 Å². The zero-order valence-electron chi connectivity index (χ0n) is 13.9. The summed E-state index contributed by atoms with van der Waals surface area (Å²) in [4.78, 5) is 2.69. The lowest BCUT2D eigenvalue weighted by Crippen LogP contribution is -2.56. The molecule has 3 heteroatoms. The van der Waals surface area contributed by atoms with E-state index in [0.29, 0.717) is 11.3 Å². The molecule has 0 aromatic carbocycles. The molecular formula is C18H34N2O. The SMILES string of the molecule is CNCC1(CN2CCC3(O)CCCCC3C2)CCCCC1. The van der Waals surface area contributed by atoms with E-state index in [1.807, 2.05) is 0 Å². The highest BCUT2D eigenvalue weighted by Crippen LogP contribution is 2.42. The lowest BCUT2D eigenvalue weighted by Gasteiger charge is -2.50. The molecule has 0 bridgehead atoms. The molecule has 1 heterocycles. The molecule has 21 heavy (non-hydrogen) atoms. The van der Waals surface area contributed by atoms with E-state index in [9.17, 15) is 5.11 Å². The molecule has 3 rings (SSSR count). The summed E-state index contributed by atoms with van der Waals surface area (Å²) in [6, 6.07) is 0. The average molecular weight is 294 g/mol. The Bertz CT molecular complexity index is 335. The molecule has 2 aliphatic carbocycles. The van der Waals surface area contributed by atoms with E-state index in [1.54, 1.807) is 0 Å². The van der Waals surface area contributed by atoms with E-state index in [4.69, 9.17) is 0 Å². The Labute approximate surface area is 130 Å². The number of aliphatic hydroxyl groups is 1. The van der Waals surface area contributed by atoms with Gasteiger partial charge in [0.1, 0.15) is 0 Å². The fraction of sp³-hybridized carbons (Fsp3) is 1.00. The highest BCUT2D eigenvalue weighted by atomic mass is 16.3. The minimum Gasteiger partial charge on any atom is -0.390 e. The van der Waals surface area contributed by atoms with Crippen LogP contribution in [0.25, 0.3) is 0 Å². The average Bonchev–Trinajstić information content (AvgIpc) is 2.49. The predicted octanol–water partition coefficient (Wildman–Crippen LogP) is 2.78. The van der Waals surface area contributed by atoms with Crippen molar-refractivity contribution in [3.63, 3.8) is 0 Å². The standard InChI is InChI=1S/C18H34N2O/c1-19-14-17(8-4-2-5-9-17)15-20-12-11-18(21)10-6-3-7-16(18)13-20/h16,19,21H,2-15H2,1H3. The number of fused-ring (bicyclic) bond motifs is 1. The van der Waals surface area contributed by atoms with E-state index < -0.39 is 0 Å². The molecule has 0 amide bonds. The van der Waals surface area contributed by atoms with Crippen LogP contribution in [0.1, 0.15) is 64.2 Å². The molecule has 3 fully saturated rings. The maximum atomic E-state index is 10.8. The van der Waals surface area contributed by atoms with Gasteiger partial charge in [-0.05, 0) is 44.6 Å². The van der Waals surface area contributed by atoms with E-state index in [2.05, 4.69) is 17.3 Å². The number of nitrogens with zero attached hydrogens (tertiary/aromatic N) is 1. The van der Waals surface area contributed by atoms with Crippen molar-refractivity contribution >= 4 is 0 Å². The van der Waals surface area contributed by atoms with Gasteiger partial charge in [0.25, 0.3) is 0 Å². The molecular weight excluding hydrogens is 260 g/mol. The summed E-state index contributed by atoms with van der Waals surface area (Å²) in [5.74, 6) is 0.537. The summed E-state index contributed by atoms with van der Waals surface area (Å²) >= 11 is 0. The van der Waals surface area contributed by atoms with Crippen molar-refractivity contribution in [2.75, 3.05) is 33.2 Å². The minimum atomic E-state index is -0.322. The van der Waals surface area contributed by atoms with Crippen molar-refractivity contribution in [3.05, 3.63) is 0 Å². The first-order chi connectivity index (χ1) is 10.2. The molecule has 0 radical (unpaired) electrons. The van der Waals surface area contributed by atoms with E-state index in [1.165, 1.54) is 64.5 Å². The van der Waals surface area contributed by atoms with Crippen LogP contribution in [0.2, 0.25) is 0 Å². The molecule has 2 saturated carbocycles. The van der Waals surface area contributed by atoms with Crippen LogP contribution in [-0.4, -0.2) is 48.8 Å². The van der Waals surface area contributed by atoms with Gasteiger partial charge in [0.05, 0.1) is 5.60 Å². The smallest absolute Gasteiger partial charge is 0.0700 e. The third-order valence-electron chi connectivity index (χ3n) is 6.54. The monoisotopic (exact) mass is 294 g/mol. The fourth-order valence-electron chi connectivity index (χ4n) is 5.33. The zero-order chi connectivity index (χ0) is 14.8. The molecule has 0 aromatic rings. The molecule has 0 spiro atoms. The Morgan fingerprint density at radius 2 is 1.81 bits per heavy atom. The Kier molecular flexibility index (Phi) is 4.92. The molecule has 1 saturated heterocycles. The van der Waals surface area contributed by atoms with Gasteiger partial charge >= 0.3 is 0 Å². The normalized spacial score (nSPS) is 37.1. The van der Waals surface area contributed by atoms with Gasteiger partial charge in [0.2, 0.25) is 0 Å². The van der Waals surface area contributed by atoms with Crippen LogP contribution >= 0.6 is 0 Å². The van der Waals surface area contributed by atoms with Crippen LogP contribution in [0.5, 0.6) is 0 Å². The molecule has 2 atom stereocenters. The number of nitrogens with one attached hydrogen (secondary N) is 1. The Balaban J connectivity index is 1.61. The number of rotatable bonds is 4. The quantitative estimate of drug-likeness (QED) is 0.837. The van der Waals surface area contributed by atoms with Crippen molar-refractivity contribution < 1.29 is 5.11 Å². The fourth-order valence-corrected chi connectivity index (χ4v) is 5.33. The summed E-state index contributed by atoms with van der Waals surface area (Å²) in [6.07, 6.45) is 12.9. The van der Waals surface area contributed by atoms with Crippen LogP contribution in [0.4, 0.5) is 0 Å². The first kappa shape index (κ1) is 15.8. The Morgan fingerprint density at radius 3 is 2.57 bits per heavy atom. The molecule has 122 valence electrons. The summed E-state index contributed by atoms with van der Waals surface area (Å²) in [5, 5.41) is 14.3. The zero-order valence-corrected chi connectivity index (χ0v) is 13.9. The van der Waals surface area contributed by atoms with Crippen LogP contribution in [0, 0.1) is 11.3 Å². The second-order valence-corrected chi connectivity index (χ2v) is 8.12. The van der Waals surface area contributed by atoms with Gasteiger partial charge < -0.3 is 15.3 Å². The molecule has 2 N–H and O–H groups in total. The largest absolute Gasteiger partial charge is 0.390 e. The summed E-state index contributed by atoms with van der Waals surface area (Å²) in [5.41, 5.74) is 0.175. The van der Waals surface area contributed by atoms with Crippen LogP contribution in [0.3, 0.4) is 0 Å². The van der Waals surface area contributed by atoms with Crippen LogP contribution in [0.15, 0.2) is 0 Å². The second-order valence-electron chi connectivity index (χ2n) is 8.12. The second kappa shape index (κ2) is 6.55. The lowest BCUT2D eigenvalue weighted by molar-refractivity contribution is -0.102. The first-order valence-corrected chi connectivity index (χ1v) is 9.25.